The Morgan fingerprint density at radius 3 is 2.74 bits per heavy atom. The van der Waals surface area contributed by atoms with E-state index >= 15 is 0 Å². The van der Waals surface area contributed by atoms with Crippen LogP contribution in [0.2, 0.25) is 0 Å². The molecule has 7 nitrogen and oxygen atoms in total. The molecule has 144 valence electrons. The number of aliphatic imine (C=N–C) groups is 1. The number of nitrogens with zero attached hydrogens (tertiary/aromatic N) is 2. The number of nitrogens with two attached hydrogens (primary N) is 1. The number of allylic oxidation sites excluding steroid dienone is 1. The summed E-state index contributed by atoms with van der Waals surface area (Å²) in [5.41, 5.74) is 7.18. The first-order valence-corrected chi connectivity index (χ1v) is 9.28. The topological polar surface area (TPSA) is 127 Å². The number of carbonyl (C=O) groups is 1. The summed E-state index contributed by atoms with van der Waals surface area (Å²) in [4.78, 5) is 17.6. The Bertz CT molecular complexity index is 786. The van der Waals surface area contributed by atoms with Crippen molar-refractivity contribution in [2.24, 2.45) is 10.7 Å². The van der Waals surface area contributed by atoms with E-state index in [-0.39, 0.29) is 11.7 Å². The molecule has 0 aromatic heterocycles. The van der Waals surface area contributed by atoms with E-state index in [2.05, 4.69) is 11.6 Å². The number of aromatic carboxylic acids is 1. The highest BCUT2D eigenvalue weighted by Gasteiger charge is 2.13. The Hall–Kier alpha value is -2.87. The second-order valence-electron chi connectivity index (χ2n) is 5.59. The van der Waals surface area contributed by atoms with E-state index in [1.54, 1.807) is 19.1 Å². The average Bonchev–Trinajstić information content (AvgIpc) is 2.66. The van der Waals surface area contributed by atoms with Gasteiger partial charge in [-0.2, -0.15) is 0 Å². The van der Waals surface area contributed by atoms with Gasteiger partial charge in [0.15, 0.2) is 5.84 Å². The normalized spacial score (nSPS) is 11.8. The number of rotatable bonds is 10. The molecule has 0 spiro atoms. The first kappa shape index (κ1) is 22.2. The average molecular weight is 388 g/mol. The van der Waals surface area contributed by atoms with Crippen molar-refractivity contribution in [1.29, 1.82) is 10.8 Å². The van der Waals surface area contributed by atoms with Crippen LogP contribution in [0.4, 0.5) is 0 Å². The van der Waals surface area contributed by atoms with Gasteiger partial charge in [0.1, 0.15) is 11.5 Å². The fourth-order valence-electron chi connectivity index (χ4n) is 2.18. The van der Waals surface area contributed by atoms with Crippen LogP contribution in [0.3, 0.4) is 0 Å². The molecule has 0 unspecified atom stereocenters. The zero-order valence-electron chi connectivity index (χ0n) is 15.5. The maximum Gasteiger partial charge on any atom is 0.336 e. The fourth-order valence-corrected chi connectivity index (χ4v) is 3.14. The number of carboxylic acid groups (broad SMARTS) is 1. The monoisotopic (exact) mass is 387 g/mol. The van der Waals surface area contributed by atoms with Crippen LogP contribution in [0.15, 0.2) is 52.5 Å². The van der Waals surface area contributed by atoms with Crippen molar-refractivity contribution in [2.45, 2.75) is 25.2 Å². The molecule has 0 amide bonds. The van der Waals surface area contributed by atoms with E-state index < -0.39 is 5.97 Å². The third-order valence-corrected chi connectivity index (χ3v) is 4.74. The quantitative estimate of drug-likeness (QED) is 0.211. The van der Waals surface area contributed by atoms with Crippen molar-refractivity contribution in [1.82, 2.24) is 4.90 Å². The van der Waals surface area contributed by atoms with Gasteiger partial charge in [0.2, 0.25) is 0 Å². The Kier molecular flexibility index (Phi) is 9.01. The van der Waals surface area contributed by atoms with Crippen LogP contribution in [-0.4, -0.2) is 46.3 Å². The third kappa shape index (κ3) is 6.74. The maximum absolute atomic E-state index is 11.4. The van der Waals surface area contributed by atoms with Crippen molar-refractivity contribution in [2.75, 3.05) is 12.3 Å². The minimum atomic E-state index is -0.945. The predicted molar refractivity (Wildman–Crippen MR) is 112 cm³/mol. The summed E-state index contributed by atoms with van der Waals surface area (Å²) < 4.78 is 0. The lowest BCUT2D eigenvalue weighted by atomic mass is 10.1. The minimum absolute atomic E-state index is 0.0730. The Morgan fingerprint density at radius 2 is 2.19 bits per heavy atom. The molecular formula is C19H25N5O2S. The Morgan fingerprint density at radius 1 is 1.48 bits per heavy atom. The molecular weight excluding hydrogens is 362 g/mol. The summed E-state index contributed by atoms with van der Waals surface area (Å²) in [6.45, 7) is 7.56. The number of hydrogen-bond donors (Lipinski definition) is 4. The number of nitrogens with one attached hydrogen (secondary N) is 2. The molecule has 1 aromatic carbocycles. The summed E-state index contributed by atoms with van der Waals surface area (Å²) in [6.07, 6.45) is 4.77. The molecule has 5 N–H and O–H groups in total. The van der Waals surface area contributed by atoms with Gasteiger partial charge in [0.05, 0.1) is 11.9 Å². The van der Waals surface area contributed by atoms with Crippen molar-refractivity contribution in [3.63, 3.8) is 0 Å². The van der Waals surface area contributed by atoms with Crippen LogP contribution in [0, 0.1) is 17.7 Å². The van der Waals surface area contributed by atoms with E-state index in [0.29, 0.717) is 34.9 Å². The van der Waals surface area contributed by atoms with Crippen molar-refractivity contribution >= 4 is 35.7 Å². The van der Waals surface area contributed by atoms with Gasteiger partial charge >= 0.3 is 5.97 Å². The van der Waals surface area contributed by atoms with E-state index in [4.69, 9.17) is 16.6 Å². The predicted octanol–water partition coefficient (Wildman–Crippen LogP) is 3.51. The van der Waals surface area contributed by atoms with Crippen molar-refractivity contribution in [3.05, 3.63) is 53.8 Å². The number of hydrogen-bond acceptors (Lipinski definition) is 5. The summed E-state index contributed by atoms with van der Waals surface area (Å²) >= 11 is 1.45. The highest BCUT2D eigenvalue weighted by Crippen LogP contribution is 2.24. The molecule has 1 rings (SSSR count). The van der Waals surface area contributed by atoms with Crippen LogP contribution in [0.1, 0.15) is 29.3 Å². The zero-order valence-corrected chi connectivity index (χ0v) is 16.3. The van der Waals surface area contributed by atoms with Crippen LogP contribution in [0.5, 0.6) is 0 Å². The third-order valence-electron chi connectivity index (χ3n) is 3.58. The number of thioether (sulfide) groups is 1. The number of carboxylic acids is 1. The van der Waals surface area contributed by atoms with Gasteiger partial charge in [-0.25, -0.2) is 9.79 Å². The molecule has 8 heteroatoms. The van der Waals surface area contributed by atoms with E-state index in [1.165, 1.54) is 22.7 Å². The number of aryl methyl sites for hydroxylation is 1. The van der Waals surface area contributed by atoms with Crippen molar-refractivity contribution < 1.29 is 9.90 Å². The second kappa shape index (κ2) is 11.0. The largest absolute Gasteiger partial charge is 0.478 e. The molecule has 0 bridgehead atoms. The second-order valence-corrected chi connectivity index (χ2v) is 6.73. The van der Waals surface area contributed by atoms with Gasteiger partial charge in [0.25, 0.3) is 0 Å². The van der Waals surface area contributed by atoms with E-state index in [9.17, 15) is 9.90 Å². The lowest BCUT2D eigenvalue weighted by molar-refractivity contribution is 0.0693. The molecule has 0 aliphatic heterocycles. The van der Waals surface area contributed by atoms with Crippen LogP contribution < -0.4 is 5.73 Å². The van der Waals surface area contributed by atoms with Gasteiger partial charge in [-0.1, -0.05) is 24.3 Å². The van der Waals surface area contributed by atoms with Crippen LogP contribution in [0.25, 0.3) is 0 Å². The molecule has 0 heterocycles. The highest BCUT2D eigenvalue weighted by atomic mass is 32.2. The summed E-state index contributed by atoms with van der Waals surface area (Å²) in [6, 6.07) is 5.35. The van der Waals surface area contributed by atoms with Gasteiger partial charge in [0, 0.05) is 11.4 Å². The summed E-state index contributed by atoms with van der Waals surface area (Å²) in [7, 11) is 0. The Labute approximate surface area is 163 Å². The first-order chi connectivity index (χ1) is 12.8. The highest BCUT2D eigenvalue weighted by molar-refractivity contribution is 7.99. The van der Waals surface area contributed by atoms with Gasteiger partial charge in [-0.05, 0) is 44.2 Å². The summed E-state index contributed by atoms with van der Waals surface area (Å²) in [5.74, 6) is -0.0123. The lowest BCUT2D eigenvalue weighted by Crippen LogP contribution is -2.31. The Balaban J connectivity index is 2.69. The standard InChI is InChI=1S/C19H25N5O2S/c1-4-15(23-17(21)5-2)18(22)24(12-20)9-6-10-27-16-8-7-13(3)11-14(16)19(25)26/h4-5,7-8,11-12,20,22H,2,6,9-10H2,1,3H3,(H2,21,23)(H,25,26)/b15-4-,20-12?,22-18?. The van der Waals surface area contributed by atoms with Crippen molar-refractivity contribution in [3.8, 4) is 0 Å². The molecule has 0 saturated carbocycles. The molecule has 0 saturated heterocycles. The molecule has 0 aliphatic carbocycles. The number of amidine groups is 2. The van der Waals surface area contributed by atoms with Gasteiger partial charge in [-0.15, -0.1) is 11.8 Å². The molecule has 0 aliphatic rings. The zero-order chi connectivity index (χ0) is 20.4. The van der Waals surface area contributed by atoms with Crippen LogP contribution in [-0.2, 0) is 0 Å². The molecule has 0 fully saturated rings. The molecule has 0 radical (unpaired) electrons. The van der Waals surface area contributed by atoms with Gasteiger partial charge < -0.3 is 15.7 Å². The maximum atomic E-state index is 11.4. The molecule has 1 aromatic rings. The number of benzene rings is 1. The SMILES string of the molecule is C=CC(N)=N/C(=C\C)C(=N)N(C=N)CCCSc1ccc(C)cc1C(=O)O. The smallest absolute Gasteiger partial charge is 0.336 e. The van der Waals surface area contributed by atoms with Crippen LogP contribution >= 0.6 is 11.8 Å². The van der Waals surface area contributed by atoms with Gasteiger partial charge in [-0.3, -0.25) is 10.8 Å². The summed E-state index contributed by atoms with van der Waals surface area (Å²) in [5, 5.41) is 25.1. The minimum Gasteiger partial charge on any atom is -0.478 e. The molecule has 27 heavy (non-hydrogen) atoms. The van der Waals surface area contributed by atoms with E-state index in [1.807, 2.05) is 19.1 Å². The fraction of sp³-hybridized carbons (Fsp3) is 0.263. The molecule has 0 atom stereocenters. The van der Waals surface area contributed by atoms with E-state index in [0.717, 1.165) is 11.9 Å². The lowest BCUT2D eigenvalue weighted by Gasteiger charge is -2.20. The first-order valence-electron chi connectivity index (χ1n) is 8.29.